The molecular formula is C11H8ClNO2. The van der Waals surface area contributed by atoms with Gasteiger partial charge in [0.25, 0.3) is 0 Å². The van der Waals surface area contributed by atoms with E-state index in [1.54, 1.807) is 24.4 Å². The molecule has 2 aromatic rings. The lowest BCUT2D eigenvalue weighted by atomic mass is 10.1. The standard InChI is InChI=1S/C11H8ClNO2/c1-15-11(14)8-3-2-4-10-9(8)5-7(12)6-13-10/h2-6H,1H3. The number of hydrogen-bond acceptors (Lipinski definition) is 3. The summed E-state index contributed by atoms with van der Waals surface area (Å²) in [5.74, 6) is -0.385. The van der Waals surface area contributed by atoms with Crippen LogP contribution in [0.5, 0.6) is 0 Å². The lowest BCUT2D eigenvalue weighted by Crippen LogP contribution is -2.02. The van der Waals surface area contributed by atoms with Crippen molar-refractivity contribution in [1.29, 1.82) is 0 Å². The maximum absolute atomic E-state index is 11.4. The van der Waals surface area contributed by atoms with Gasteiger partial charge in [-0.25, -0.2) is 4.79 Å². The van der Waals surface area contributed by atoms with E-state index in [0.29, 0.717) is 16.0 Å². The zero-order valence-corrected chi connectivity index (χ0v) is 8.78. The molecule has 0 amide bonds. The highest BCUT2D eigenvalue weighted by Crippen LogP contribution is 2.21. The van der Waals surface area contributed by atoms with E-state index in [1.807, 2.05) is 6.07 Å². The van der Waals surface area contributed by atoms with E-state index >= 15 is 0 Å². The van der Waals surface area contributed by atoms with Gasteiger partial charge >= 0.3 is 5.97 Å². The Morgan fingerprint density at radius 3 is 3.00 bits per heavy atom. The molecule has 0 aliphatic heterocycles. The van der Waals surface area contributed by atoms with E-state index in [0.717, 1.165) is 5.52 Å². The highest BCUT2D eigenvalue weighted by atomic mass is 35.5. The minimum absolute atomic E-state index is 0.385. The Morgan fingerprint density at radius 1 is 1.47 bits per heavy atom. The van der Waals surface area contributed by atoms with Crippen LogP contribution in [0.25, 0.3) is 10.9 Å². The van der Waals surface area contributed by atoms with E-state index in [-0.39, 0.29) is 5.97 Å². The lowest BCUT2D eigenvalue weighted by molar-refractivity contribution is 0.0603. The summed E-state index contributed by atoms with van der Waals surface area (Å²) >= 11 is 5.82. The minimum Gasteiger partial charge on any atom is -0.465 e. The van der Waals surface area contributed by atoms with Crippen LogP contribution in [0, 0.1) is 0 Å². The van der Waals surface area contributed by atoms with Crippen LogP contribution in [0.3, 0.4) is 0 Å². The summed E-state index contributed by atoms with van der Waals surface area (Å²) in [5.41, 5.74) is 1.20. The highest BCUT2D eigenvalue weighted by Gasteiger charge is 2.10. The Morgan fingerprint density at radius 2 is 2.27 bits per heavy atom. The van der Waals surface area contributed by atoms with Gasteiger partial charge in [-0.3, -0.25) is 4.98 Å². The third kappa shape index (κ3) is 1.78. The summed E-state index contributed by atoms with van der Waals surface area (Å²) in [6, 6.07) is 6.97. The number of aromatic nitrogens is 1. The summed E-state index contributed by atoms with van der Waals surface area (Å²) in [5, 5.41) is 1.20. The van der Waals surface area contributed by atoms with Gasteiger partial charge in [0.2, 0.25) is 0 Å². The summed E-state index contributed by atoms with van der Waals surface area (Å²) in [6.45, 7) is 0. The first-order valence-electron chi connectivity index (χ1n) is 4.35. The monoisotopic (exact) mass is 221 g/mol. The molecule has 1 heterocycles. The number of rotatable bonds is 1. The third-order valence-corrected chi connectivity index (χ3v) is 2.30. The number of carbonyl (C=O) groups is 1. The van der Waals surface area contributed by atoms with Crippen molar-refractivity contribution < 1.29 is 9.53 Å². The van der Waals surface area contributed by atoms with E-state index in [2.05, 4.69) is 9.72 Å². The molecule has 1 aromatic heterocycles. The van der Waals surface area contributed by atoms with E-state index in [1.165, 1.54) is 7.11 Å². The molecule has 3 nitrogen and oxygen atoms in total. The second-order valence-electron chi connectivity index (χ2n) is 3.02. The fourth-order valence-electron chi connectivity index (χ4n) is 1.41. The molecule has 0 saturated carbocycles. The zero-order valence-electron chi connectivity index (χ0n) is 8.03. The second kappa shape index (κ2) is 3.87. The molecule has 0 aliphatic carbocycles. The number of fused-ring (bicyclic) bond motifs is 1. The number of benzene rings is 1. The molecule has 0 radical (unpaired) electrons. The molecule has 0 unspecified atom stereocenters. The highest BCUT2D eigenvalue weighted by molar-refractivity contribution is 6.31. The molecule has 76 valence electrons. The quantitative estimate of drug-likeness (QED) is 0.695. The van der Waals surface area contributed by atoms with Gasteiger partial charge in [0.15, 0.2) is 0 Å². The first-order chi connectivity index (χ1) is 7.22. The van der Waals surface area contributed by atoms with Crippen molar-refractivity contribution in [1.82, 2.24) is 4.98 Å². The number of carbonyl (C=O) groups excluding carboxylic acids is 1. The molecular weight excluding hydrogens is 214 g/mol. The van der Waals surface area contributed by atoms with Crippen LogP contribution in [0.1, 0.15) is 10.4 Å². The Hall–Kier alpha value is -1.61. The normalized spacial score (nSPS) is 10.3. The number of ether oxygens (including phenoxy) is 1. The van der Waals surface area contributed by atoms with Gasteiger partial charge in [-0.15, -0.1) is 0 Å². The predicted octanol–water partition coefficient (Wildman–Crippen LogP) is 2.67. The number of methoxy groups -OCH3 is 1. The van der Waals surface area contributed by atoms with Gasteiger partial charge in [-0.2, -0.15) is 0 Å². The van der Waals surface area contributed by atoms with Gasteiger partial charge < -0.3 is 4.74 Å². The van der Waals surface area contributed by atoms with Gasteiger partial charge in [0, 0.05) is 11.6 Å². The largest absolute Gasteiger partial charge is 0.465 e. The lowest BCUT2D eigenvalue weighted by Gasteiger charge is -2.03. The predicted molar refractivity (Wildman–Crippen MR) is 58.1 cm³/mol. The number of pyridine rings is 1. The maximum atomic E-state index is 11.4. The van der Waals surface area contributed by atoms with E-state index < -0.39 is 0 Å². The Labute approximate surface area is 91.6 Å². The molecule has 4 heteroatoms. The number of halogens is 1. The third-order valence-electron chi connectivity index (χ3n) is 2.10. The van der Waals surface area contributed by atoms with Crippen LogP contribution >= 0.6 is 11.6 Å². The number of esters is 1. The molecule has 0 bridgehead atoms. The SMILES string of the molecule is COC(=O)c1cccc2ncc(Cl)cc12. The van der Waals surface area contributed by atoms with Gasteiger partial charge in [0.05, 0.1) is 23.2 Å². The van der Waals surface area contributed by atoms with Crippen molar-refractivity contribution in [3.8, 4) is 0 Å². The van der Waals surface area contributed by atoms with E-state index in [4.69, 9.17) is 11.6 Å². The zero-order chi connectivity index (χ0) is 10.8. The number of nitrogens with zero attached hydrogens (tertiary/aromatic N) is 1. The molecule has 15 heavy (non-hydrogen) atoms. The first kappa shape index (κ1) is 9.93. The van der Waals surface area contributed by atoms with Gasteiger partial charge in [-0.1, -0.05) is 17.7 Å². The Bertz CT molecular complexity index is 525. The van der Waals surface area contributed by atoms with Crippen LogP contribution in [0.2, 0.25) is 5.02 Å². The van der Waals surface area contributed by atoms with Crippen LogP contribution in [-0.2, 0) is 4.74 Å². The Balaban J connectivity index is 2.74. The molecule has 0 N–H and O–H groups in total. The average Bonchev–Trinajstić information content (AvgIpc) is 2.27. The van der Waals surface area contributed by atoms with Crippen LogP contribution in [-0.4, -0.2) is 18.1 Å². The van der Waals surface area contributed by atoms with Crippen molar-refractivity contribution >= 4 is 28.5 Å². The summed E-state index contributed by atoms with van der Waals surface area (Å²) in [6.07, 6.45) is 1.55. The summed E-state index contributed by atoms with van der Waals surface area (Å²) < 4.78 is 4.67. The van der Waals surface area contributed by atoms with Crippen LogP contribution in [0.15, 0.2) is 30.5 Å². The van der Waals surface area contributed by atoms with Crippen molar-refractivity contribution in [2.45, 2.75) is 0 Å². The Kier molecular flexibility index (Phi) is 2.56. The fraction of sp³-hybridized carbons (Fsp3) is 0.0909. The van der Waals surface area contributed by atoms with Crippen molar-refractivity contribution in [2.24, 2.45) is 0 Å². The van der Waals surface area contributed by atoms with Crippen LogP contribution in [0.4, 0.5) is 0 Å². The van der Waals surface area contributed by atoms with Gasteiger partial charge in [-0.05, 0) is 18.2 Å². The summed E-state index contributed by atoms with van der Waals surface area (Å²) in [4.78, 5) is 15.6. The minimum atomic E-state index is -0.385. The molecule has 0 aliphatic rings. The molecule has 1 aromatic carbocycles. The molecule has 0 spiro atoms. The first-order valence-corrected chi connectivity index (χ1v) is 4.73. The second-order valence-corrected chi connectivity index (χ2v) is 3.45. The summed E-state index contributed by atoms with van der Waals surface area (Å²) in [7, 11) is 1.35. The topological polar surface area (TPSA) is 39.2 Å². The smallest absolute Gasteiger partial charge is 0.338 e. The van der Waals surface area contributed by atoms with Crippen LogP contribution < -0.4 is 0 Å². The maximum Gasteiger partial charge on any atom is 0.338 e. The molecule has 0 atom stereocenters. The fourth-order valence-corrected chi connectivity index (χ4v) is 1.57. The number of hydrogen-bond donors (Lipinski definition) is 0. The van der Waals surface area contributed by atoms with E-state index in [9.17, 15) is 4.79 Å². The van der Waals surface area contributed by atoms with Crippen molar-refractivity contribution in [2.75, 3.05) is 7.11 Å². The molecule has 2 rings (SSSR count). The molecule has 0 fully saturated rings. The van der Waals surface area contributed by atoms with Crippen molar-refractivity contribution in [3.63, 3.8) is 0 Å². The molecule has 0 saturated heterocycles. The van der Waals surface area contributed by atoms with Crippen molar-refractivity contribution in [3.05, 3.63) is 41.0 Å². The van der Waals surface area contributed by atoms with Gasteiger partial charge in [0.1, 0.15) is 0 Å². The average molecular weight is 222 g/mol.